The van der Waals surface area contributed by atoms with Gasteiger partial charge < -0.3 is 9.47 Å². The van der Waals surface area contributed by atoms with Crippen LogP contribution in [0.25, 0.3) is 0 Å². The van der Waals surface area contributed by atoms with Crippen LogP contribution >= 0.6 is 11.6 Å². The van der Waals surface area contributed by atoms with E-state index in [0.29, 0.717) is 6.29 Å². The van der Waals surface area contributed by atoms with Gasteiger partial charge in [-0.05, 0) is 6.92 Å². The second kappa shape index (κ2) is 4.21. The summed E-state index contributed by atoms with van der Waals surface area (Å²) in [5, 5.41) is 10.3. The molecule has 0 spiro atoms. The summed E-state index contributed by atoms with van der Waals surface area (Å²) >= 11 is 5.80. The molecule has 0 bridgehead atoms. The molecule has 2 atom stereocenters. The lowest BCUT2D eigenvalue weighted by Gasteiger charge is -2.11. The fourth-order valence-electron chi connectivity index (χ4n) is 1.46. The lowest BCUT2D eigenvalue weighted by atomic mass is 10.2. The molecule has 1 aromatic carbocycles. The van der Waals surface area contributed by atoms with Crippen LogP contribution in [-0.4, -0.2) is 22.9 Å². The molecule has 2 unspecified atom stereocenters. The topological polar surface area (TPSA) is 78.7 Å². The first-order chi connectivity index (χ1) is 8.02. The predicted molar refractivity (Wildman–Crippen MR) is 58.8 cm³/mol. The molecule has 7 heteroatoms. The number of hydrogen-bond donors (Lipinski definition) is 0. The molecule has 1 heterocycles. The molecular formula is C10H8ClNO5. The van der Waals surface area contributed by atoms with E-state index in [-0.39, 0.29) is 22.7 Å². The highest BCUT2D eigenvalue weighted by Crippen LogP contribution is 2.40. The molecule has 0 aliphatic carbocycles. The number of nitro groups is 1. The Kier molecular flexibility index (Phi) is 2.89. The molecule has 0 fully saturated rings. The molecule has 1 aliphatic rings. The number of alkyl halides is 1. The molecule has 0 radical (unpaired) electrons. The van der Waals surface area contributed by atoms with Crippen molar-refractivity contribution >= 4 is 23.6 Å². The van der Waals surface area contributed by atoms with Crippen LogP contribution in [0.3, 0.4) is 0 Å². The van der Waals surface area contributed by atoms with Crippen LogP contribution in [0.4, 0.5) is 5.69 Å². The van der Waals surface area contributed by atoms with Crippen molar-refractivity contribution in [3.8, 4) is 11.5 Å². The maximum Gasteiger partial charge on any atom is 0.283 e. The van der Waals surface area contributed by atoms with E-state index in [9.17, 15) is 14.9 Å². The molecule has 1 aromatic rings. The maximum atomic E-state index is 10.7. The minimum Gasteiger partial charge on any atom is -0.449 e. The van der Waals surface area contributed by atoms with Crippen molar-refractivity contribution in [2.24, 2.45) is 0 Å². The van der Waals surface area contributed by atoms with Crippen LogP contribution in [0, 0.1) is 10.1 Å². The number of halogens is 1. The number of carbonyl (C=O) groups is 1. The van der Waals surface area contributed by atoms with Crippen LogP contribution in [0.15, 0.2) is 12.1 Å². The van der Waals surface area contributed by atoms with E-state index < -0.39 is 16.6 Å². The van der Waals surface area contributed by atoms with E-state index in [4.69, 9.17) is 21.1 Å². The van der Waals surface area contributed by atoms with Gasteiger partial charge in [-0.1, -0.05) is 0 Å². The molecule has 0 saturated heterocycles. The van der Waals surface area contributed by atoms with Gasteiger partial charge in [0.1, 0.15) is 5.38 Å². The molecule has 0 aromatic heterocycles. The summed E-state index contributed by atoms with van der Waals surface area (Å²) in [4.78, 5) is 20.8. The number of hydrogen-bond acceptors (Lipinski definition) is 5. The third-order valence-electron chi connectivity index (χ3n) is 2.28. The minimum absolute atomic E-state index is 0.0553. The zero-order chi connectivity index (χ0) is 12.6. The maximum absolute atomic E-state index is 10.7. The van der Waals surface area contributed by atoms with Crippen molar-refractivity contribution in [1.29, 1.82) is 0 Å². The van der Waals surface area contributed by atoms with E-state index in [1.54, 1.807) is 6.92 Å². The third kappa shape index (κ3) is 2.03. The Labute approximate surface area is 101 Å². The summed E-state index contributed by atoms with van der Waals surface area (Å²) in [5.41, 5.74) is -0.370. The van der Waals surface area contributed by atoms with E-state index in [2.05, 4.69) is 0 Å². The number of benzene rings is 1. The molecule has 6 nitrogen and oxygen atoms in total. The summed E-state index contributed by atoms with van der Waals surface area (Å²) in [6.45, 7) is 1.67. The highest BCUT2D eigenvalue weighted by molar-refractivity contribution is 6.20. The molecule has 0 saturated carbocycles. The number of rotatable bonds is 3. The van der Waals surface area contributed by atoms with Gasteiger partial charge in [-0.3, -0.25) is 14.9 Å². The van der Waals surface area contributed by atoms with Crippen molar-refractivity contribution in [2.45, 2.75) is 18.6 Å². The highest BCUT2D eigenvalue weighted by Gasteiger charge is 2.31. The van der Waals surface area contributed by atoms with Crippen LogP contribution in [0.2, 0.25) is 0 Å². The Morgan fingerprint density at radius 3 is 2.53 bits per heavy atom. The van der Waals surface area contributed by atoms with Crippen LogP contribution in [0.5, 0.6) is 11.5 Å². The number of nitrogens with zero attached hydrogens (tertiary/aromatic N) is 1. The summed E-state index contributed by atoms with van der Waals surface area (Å²) < 4.78 is 10.6. The Morgan fingerprint density at radius 2 is 2.06 bits per heavy atom. The number of aldehydes is 1. The molecule has 90 valence electrons. The first-order valence-corrected chi connectivity index (χ1v) is 5.21. The standard InChI is InChI=1S/C10H8ClNO5/c1-5(11)10-16-8-2-6(4-13)7(12(14)15)3-9(8)17-10/h2-5,10H,1H3. The van der Waals surface area contributed by atoms with Gasteiger partial charge in [-0.2, -0.15) is 0 Å². The smallest absolute Gasteiger partial charge is 0.283 e. The van der Waals surface area contributed by atoms with Gasteiger partial charge in [0.05, 0.1) is 16.6 Å². The quantitative estimate of drug-likeness (QED) is 0.359. The molecule has 17 heavy (non-hydrogen) atoms. The van der Waals surface area contributed by atoms with E-state index in [1.165, 1.54) is 12.1 Å². The molecule has 2 rings (SSSR count). The van der Waals surface area contributed by atoms with Crippen molar-refractivity contribution in [1.82, 2.24) is 0 Å². The number of carbonyl (C=O) groups excluding carboxylic acids is 1. The van der Waals surface area contributed by atoms with E-state index >= 15 is 0 Å². The van der Waals surface area contributed by atoms with Crippen LogP contribution < -0.4 is 9.47 Å². The summed E-state index contributed by atoms with van der Waals surface area (Å²) in [7, 11) is 0. The third-order valence-corrected chi connectivity index (χ3v) is 2.48. The normalized spacial score (nSPS) is 18.8. The average Bonchev–Trinajstić information content (AvgIpc) is 2.69. The van der Waals surface area contributed by atoms with Gasteiger partial charge in [0.2, 0.25) is 0 Å². The zero-order valence-electron chi connectivity index (χ0n) is 8.75. The number of fused-ring (bicyclic) bond motifs is 1. The van der Waals surface area contributed by atoms with Gasteiger partial charge in [-0.15, -0.1) is 11.6 Å². The van der Waals surface area contributed by atoms with Crippen molar-refractivity contribution < 1.29 is 19.2 Å². The summed E-state index contributed by atoms with van der Waals surface area (Å²) in [6, 6.07) is 2.44. The second-order valence-corrected chi connectivity index (χ2v) is 4.20. The van der Waals surface area contributed by atoms with Gasteiger partial charge in [0, 0.05) is 6.07 Å². The fourth-order valence-corrected chi connectivity index (χ4v) is 1.57. The number of nitro benzene ring substituents is 1. The Hall–Kier alpha value is -1.82. The Balaban J connectivity index is 2.43. The van der Waals surface area contributed by atoms with Crippen LogP contribution in [0.1, 0.15) is 17.3 Å². The summed E-state index contributed by atoms with van der Waals surface area (Å²) in [6.07, 6.45) is -0.299. The van der Waals surface area contributed by atoms with Crippen molar-refractivity contribution in [3.05, 3.63) is 27.8 Å². The van der Waals surface area contributed by atoms with Gasteiger partial charge >= 0.3 is 0 Å². The highest BCUT2D eigenvalue weighted by atomic mass is 35.5. The monoisotopic (exact) mass is 257 g/mol. The van der Waals surface area contributed by atoms with Gasteiger partial charge in [-0.25, -0.2) is 0 Å². The zero-order valence-corrected chi connectivity index (χ0v) is 9.51. The average molecular weight is 258 g/mol. The van der Waals surface area contributed by atoms with E-state index in [1.807, 2.05) is 0 Å². The lowest BCUT2D eigenvalue weighted by molar-refractivity contribution is -0.385. The van der Waals surface area contributed by atoms with Gasteiger partial charge in [0.15, 0.2) is 17.8 Å². The molecule has 0 amide bonds. The van der Waals surface area contributed by atoms with E-state index in [0.717, 1.165) is 0 Å². The number of ether oxygens (including phenoxy) is 2. The SMILES string of the molecule is CC(Cl)C1Oc2cc(C=O)c([N+](=O)[O-])cc2O1. The predicted octanol–water partition coefficient (Wildman–Crippen LogP) is 2.13. The molecular weight excluding hydrogens is 250 g/mol. The second-order valence-electron chi connectivity index (χ2n) is 3.51. The fraction of sp³-hybridized carbons (Fsp3) is 0.300. The van der Waals surface area contributed by atoms with Crippen molar-refractivity contribution in [3.63, 3.8) is 0 Å². The first kappa shape index (κ1) is 11.7. The first-order valence-electron chi connectivity index (χ1n) is 4.78. The molecule has 0 N–H and O–H groups in total. The van der Waals surface area contributed by atoms with Crippen LogP contribution in [-0.2, 0) is 0 Å². The minimum atomic E-state index is -0.701. The van der Waals surface area contributed by atoms with Crippen molar-refractivity contribution in [2.75, 3.05) is 0 Å². The Morgan fingerprint density at radius 1 is 1.47 bits per heavy atom. The largest absolute Gasteiger partial charge is 0.449 e. The Bertz CT molecular complexity index is 488. The molecule has 1 aliphatic heterocycles. The lowest BCUT2D eigenvalue weighted by Crippen LogP contribution is -2.26. The summed E-state index contributed by atoms with van der Waals surface area (Å²) in [5.74, 6) is 0.509. The van der Waals surface area contributed by atoms with Gasteiger partial charge in [0.25, 0.3) is 12.0 Å².